The van der Waals surface area contributed by atoms with Crippen molar-refractivity contribution in [3.63, 3.8) is 0 Å². The predicted molar refractivity (Wildman–Crippen MR) is 107 cm³/mol. The van der Waals surface area contributed by atoms with E-state index in [9.17, 15) is 14.0 Å². The number of piperidine rings is 1. The molecule has 3 amide bonds. The lowest BCUT2D eigenvalue weighted by Crippen LogP contribution is -2.53. The molecular formula is C19H30ClFN4O2. The molecule has 0 saturated carbocycles. The molecule has 1 aliphatic rings. The normalized spacial score (nSPS) is 18.3. The summed E-state index contributed by atoms with van der Waals surface area (Å²) in [6.07, 6.45) is 1.83. The molecular weight excluding hydrogens is 371 g/mol. The van der Waals surface area contributed by atoms with Crippen molar-refractivity contribution in [1.29, 1.82) is 0 Å². The Morgan fingerprint density at radius 3 is 2.70 bits per heavy atom. The van der Waals surface area contributed by atoms with Crippen molar-refractivity contribution in [1.82, 2.24) is 10.2 Å². The first kappa shape index (κ1) is 23.2. The zero-order valence-corrected chi connectivity index (χ0v) is 16.9. The molecule has 1 aromatic carbocycles. The Bertz CT molecular complexity index is 651. The molecule has 1 aliphatic heterocycles. The molecule has 2 atom stereocenters. The van der Waals surface area contributed by atoms with Crippen LogP contribution in [0, 0.1) is 17.2 Å². The van der Waals surface area contributed by atoms with E-state index in [1.54, 1.807) is 11.0 Å². The van der Waals surface area contributed by atoms with Crippen molar-refractivity contribution in [3.05, 3.63) is 30.1 Å². The third kappa shape index (κ3) is 6.99. The van der Waals surface area contributed by atoms with E-state index in [1.807, 2.05) is 20.8 Å². The fourth-order valence-corrected chi connectivity index (χ4v) is 2.98. The molecule has 0 bridgehead atoms. The second-order valence-corrected chi connectivity index (χ2v) is 7.98. The van der Waals surface area contributed by atoms with E-state index in [0.717, 1.165) is 12.8 Å². The van der Waals surface area contributed by atoms with Crippen molar-refractivity contribution < 1.29 is 14.0 Å². The Labute approximate surface area is 166 Å². The quantitative estimate of drug-likeness (QED) is 0.726. The molecule has 0 aliphatic carbocycles. The summed E-state index contributed by atoms with van der Waals surface area (Å²) in [4.78, 5) is 26.3. The van der Waals surface area contributed by atoms with Gasteiger partial charge in [0, 0.05) is 25.3 Å². The van der Waals surface area contributed by atoms with Gasteiger partial charge in [-0.3, -0.25) is 4.79 Å². The summed E-state index contributed by atoms with van der Waals surface area (Å²) in [6.45, 7) is 7.60. The van der Waals surface area contributed by atoms with Gasteiger partial charge in [0.05, 0.1) is 6.04 Å². The number of likely N-dealkylation sites (tertiary alicyclic amines) is 1. The number of hydrogen-bond acceptors (Lipinski definition) is 3. The summed E-state index contributed by atoms with van der Waals surface area (Å²) in [6, 6.07) is 4.81. The number of urea groups is 1. The number of carbonyl (C=O) groups excluding carboxylic acids is 2. The van der Waals surface area contributed by atoms with Gasteiger partial charge < -0.3 is 21.3 Å². The number of rotatable bonds is 4. The first-order valence-electron chi connectivity index (χ1n) is 9.01. The van der Waals surface area contributed by atoms with Gasteiger partial charge in [0.1, 0.15) is 5.82 Å². The summed E-state index contributed by atoms with van der Waals surface area (Å²) < 4.78 is 13.1. The van der Waals surface area contributed by atoms with E-state index in [1.165, 1.54) is 18.2 Å². The number of anilines is 1. The fraction of sp³-hybridized carbons (Fsp3) is 0.579. The molecule has 0 spiro atoms. The van der Waals surface area contributed by atoms with Crippen LogP contribution < -0.4 is 16.4 Å². The van der Waals surface area contributed by atoms with Crippen molar-refractivity contribution in [2.75, 3.05) is 25.0 Å². The highest BCUT2D eigenvalue weighted by molar-refractivity contribution is 5.89. The van der Waals surface area contributed by atoms with E-state index in [0.29, 0.717) is 25.3 Å². The van der Waals surface area contributed by atoms with Crippen molar-refractivity contribution >= 4 is 30.0 Å². The lowest BCUT2D eigenvalue weighted by atomic mass is 9.86. The number of benzene rings is 1. The molecule has 152 valence electrons. The summed E-state index contributed by atoms with van der Waals surface area (Å²) >= 11 is 0. The molecule has 1 fully saturated rings. The summed E-state index contributed by atoms with van der Waals surface area (Å²) in [5.41, 5.74) is 6.21. The minimum atomic E-state index is -0.537. The van der Waals surface area contributed by atoms with Crippen LogP contribution >= 0.6 is 12.4 Å². The molecule has 0 radical (unpaired) electrons. The van der Waals surface area contributed by atoms with Gasteiger partial charge >= 0.3 is 6.03 Å². The number of hydrogen-bond donors (Lipinski definition) is 3. The summed E-state index contributed by atoms with van der Waals surface area (Å²) in [5.74, 6) is -0.260. The Kier molecular flexibility index (Phi) is 8.50. The summed E-state index contributed by atoms with van der Waals surface area (Å²) in [7, 11) is 0. The van der Waals surface area contributed by atoms with E-state index in [-0.39, 0.29) is 35.7 Å². The van der Waals surface area contributed by atoms with Crippen LogP contribution in [0.3, 0.4) is 0 Å². The van der Waals surface area contributed by atoms with Gasteiger partial charge in [0.15, 0.2) is 0 Å². The molecule has 1 heterocycles. The third-order valence-corrected chi connectivity index (χ3v) is 4.66. The lowest BCUT2D eigenvalue weighted by Gasteiger charge is -2.37. The van der Waals surface area contributed by atoms with Gasteiger partial charge in [0.25, 0.3) is 0 Å². The second-order valence-electron chi connectivity index (χ2n) is 7.98. The van der Waals surface area contributed by atoms with Crippen LogP contribution in [0.25, 0.3) is 0 Å². The Balaban J connectivity index is 0.00000364. The molecule has 0 aromatic heterocycles. The van der Waals surface area contributed by atoms with Gasteiger partial charge in [-0.15, -0.1) is 12.4 Å². The molecule has 1 aromatic rings. The number of amides is 3. The highest BCUT2D eigenvalue weighted by atomic mass is 35.5. The number of nitrogens with two attached hydrogens (primary N) is 1. The molecule has 4 N–H and O–H groups in total. The van der Waals surface area contributed by atoms with Crippen molar-refractivity contribution in [2.45, 2.75) is 39.7 Å². The maximum absolute atomic E-state index is 13.1. The first-order valence-corrected chi connectivity index (χ1v) is 9.01. The molecule has 1 saturated heterocycles. The zero-order chi connectivity index (χ0) is 19.3. The standard InChI is InChI=1S/C19H29FN4O2.ClH/c1-19(2,3)16(21)17(25)24-9-5-6-13(12-24)11-22-18(26)23-15-8-4-7-14(20)10-15;/h4,7-8,10,13,16H,5-6,9,11-12,21H2,1-3H3,(H2,22,23,26);1H/t13?,16-;/m1./s1. The number of halogens is 2. The number of carbonyl (C=O) groups is 2. The van der Waals surface area contributed by atoms with Crippen molar-refractivity contribution in [2.24, 2.45) is 17.1 Å². The largest absolute Gasteiger partial charge is 0.341 e. The Hall–Kier alpha value is -1.86. The highest BCUT2D eigenvalue weighted by Crippen LogP contribution is 2.22. The predicted octanol–water partition coefficient (Wildman–Crippen LogP) is 2.98. The van der Waals surface area contributed by atoms with Crippen LogP contribution in [-0.4, -0.2) is 42.5 Å². The van der Waals surface area contributed by atoms with Gasteiger partial charge in [0.2, 0.25) is 5.91 Å². The van der Waals surface area contributed by atoms with E-state index in [2.05, 4.69) is 10.6 Å². The molecule has 6 nitrogen and oxygen atoms in total. The average molecular weight is 401 g/mol. The molecule has 2 rings (SSSR count). The van der Waals surface area contributed by atoms with E-state index >= 15 is 0 Å². The van der Waals surface area contributed by atoms with Gasteiger partial charge in [-0.05, 0) is 42.4 Å². The van der Waals surface area contributed by atoms with Gasteiger partial charge in [-0.2, -0.15) is 0 Å². The monoisotopic (exact) mass is 400 g/mol. The minimum Gasteiger partial charge on any atom is -0.341 e. The number of nitrogens with one attached hydrogen (secondary N) is 2. The van der Waals surface area contributed by atoms with Gasteiger partial charge in [-0.25, -0.2) is 9.18 Å². The fourth-order valence-electron chi connectivity index (χ4n) is 2.98. The lowest BCUT2D eigenvalue weighted by molar-refractivity contribution is -0.136. The second kappa shape index (κ2) is 9.90. The van der Waals surface area contributed by atoms with Crippen LogP contribution in [0.2, 0.25) is 0 Å². The molecule has 1 unspecified atom stereocenters. The average Bonchev–Trinajstić information content (AvgIpc) is 2.58. The van der Waals surface area contributed by atoms with Crippen LogP contribution in [0.4, 0.5) is 14.9 Å². The number of nitrogens with zero attached hydrogens (tertiary/aromatic N) is 1. The van der Waals surface area contributed by atoms with Crippen LogP contribution in [0.15, 0.2) is 24.3 Å². The topological polar surface area (TPSA) is 87.5 Å². The van der Waals surface area contributed by atoms with Crippen LogP contribution in [0.1, 0.15) is 33.6 Å². The van der Waals surface area contributed by atoms with Gasteiger partial charge in [-0.1, -0.05) is 26.8 Å². The molecule has 27 heavy (non-hydrogen) atoms. The van der Waals surface area contributed by atoms with Crippen molar-refractivity contribution in [3.8, 4) is 0 Å². The Morgan fingerprint density at radius 2 is 2.07 bits per heavy atom. The smallest absolute Gasteiger partial charge is 0.319 e. The van der Waals surface area contributed by atoms with E-state index in [4.69, 9.17) is 5.73 Å². The molecule has 8 heteroatoms. The summed E-state index contributed by atoms with van der Waals surface area (Å²) in [5, 5.41) is 5.40. The highest BCUT2D eigenvalue weighted by Gasteiger charge is 2.33. The first-order chi connectivity index (χ1) is 12.2. The Morgan fingerprint density at radius 1 is 1.37 bits per heavy atom. The van der Waals surface area contributed by atoms with Crippen LogP contribution in [0.5, 0.6) is 0 Å². The maximum Gasteiger partial charge on any atom is 0.319 e. The SMILES string of the molecule is CC(C)(C)[C@H](N)C(=O)N1CCCC(CNC(=O)Nc2cccc(F)c2)C1.Cl. The maximum atomic E-state index is 13.1. The minimum absolute atomic E-state index is 0. The third-order valence-electron chi connectivity index (χ3n) is 4.66. The van der Waals surface area contributed by atoms with E-state index < -0.39 is 11.9 Å². The van der Waals surface area contributed by atoms with Crippen LogP contribution in [-0.2, 0) is 4.79 Å². The zero-order valence-electron chi connectivity index (χ0n) is 16.1.